The summed E-state index contributed by atoms with van der Waals surface area (Å²) < 4.78 is 6.00. The molecule has 0 saturated heterocycles. The van der Waals surface area contributed by atoms with Gasteiger partial charge in [-0.1, -0.05) is 13.5 Å². The number of benzene rings is 1. The van der Waals surface area contributed by atoms with E-state index < -0.39 is 0 Å². The van der Waals surface area contributed by atoms with Gasteiger partial charge >= 0.3 is 0 Å². The van der Waals surface area contributed by atoms with Crippen LogP contribution in [0.3, 0.4) is 0 Å². The molecule has 4 heterocycles. The predicted octanol–water partition coefficient (Wildman–Crippen LogP) is 5.87. The van der Waals surface area contributed by atoms with E-state index in [-0.39, 0.29) is 11.8 Å². The van der Waals surface area contributed by atoms with Crippen molar-refractivity contribution in [2.75, 3.05) is 11.9 Å². The van der Waals surface area contributed by atoms with Gasteiger partial charge in [0.2, 0.25) is 5.91 Å². The Labute approximate surface area is 202 Å². The van der Waals surface area contributed by atoms with Gasteiger partial charge in [-0.05, 0) is 61.4 Å². The first-order valence-corrected chi connectivity index (χ1v) is 11.9. The smallest absolute Gasteiger partial charge is 0.246 e. The van der Waals surface area contributed by atoms with Gasteiger partial charge in [-0.3, -0.25) is 9.78 Å². The van der Waals surface area contributed by atoms with E-state index in [2.05, 4.69) is 33.8 Å². The minimum absolute atomic E-state index is 0.0430. The summed E-state index contributed by atoms with van der Waals surface area (Å²) in [7, 11) is 0. The Morgan fingerprint density at radius 2 is 2.09 bits per heavy atom. The Hall–Kier alpha value is -3.78. The van der Waals surface area contributed by atoms with E-state index >= 15 is 0 Å². The molecule has 0 fully saturated rings. The highest BCUT2D eigenvalue weighted by molar-refractivity contribution is 7.19. The third kappa shape index (κ3) is 4.12. The van der Waals surface area contributed by atoms with Crippen molar-refractivity contribution in [3.8, 4) is 11.5 Å². The van der Waals surface area contributed by atoms with Gasteiger partial charge in [-0.25, -0.2) is 9.97 Å². The molecule has 0 aliphatic carbocycles. The van der Waals surface area contributed by atoms with E-state index in [9.17, 15) is 4.79 Å². The molecule has 172 valence electrons. The van der Waals surface area contributed by atoms with Crippen LogP contribution in [0.1, 0.15) is 34.5 Å². The van der Waals surface area contributed by atoms with Gasteiger partial charge in [0.05, 0.1) is 18.1 Å². The summed E-state index contributed by atoms with van der Waals surface area (Å²) in [5, 5.41) is 4.51. The zero-order valence-corrected chi connectivity index (χ0v) is 20.1. The number of anilines is 2. The van der Waals surface area contributed by atoms with E-state index in [4.69, 9.17) is 4.74 Å². The molecule has 0 radical (unpaired) electrons. The number of hydrogen-bond donors (Lipinski definition) is 1. The molecule has 7 nitrogen and oxygen atoms in total. The fraction of sp³-hybridized carbons (Fsp3) is 0.231. The molecule has 0 unspecified atom stereocenters. The fourth-order valence-corrected chi connectivity index (χ4v) is 5.59. The second-order valence-corrected chi connectivity index (χ2v) is 9.59. The molecule has 1 amide bonds. The van der Waals surface area contributed by atoms with Crippen LogP contribution in [0.25, 0.3) is 10.2 Å². The fourth-order valence-electron chi connectivity index (χ4n) is 4.31. The number of thiophene rings is 1. The van der Waals surface area contributed by atoms with Crippen molar-refractivity contribution in [1.29, 1.82) is 0 Å². The van der Waals surface area contributed by atoms with E-state index in [0.717, 1.165) is 43.6 Å². The lowest BCUT2D eigenvalue weighted by molar-refractivity contribution is -0.127. The topological polar surface area (TPSA) is 80.2 Å². The molecule has 1 aliphatic rings. The summed E-state index contributed by atoms with van der Waals surface area (Å²) in [6.07, 6.45) is 4.69. The normalized spacial score (nSPS) is 15.1. The van der Waals surface area contributed by atoms with Crippen LogP contribution >= 0.6 is 11.3 Å². The molecule has 8 heteroatoms. The highest BCUT2D eigenvalue weighted by atomic mass is 32.1. The maximum absolute atomic E-state index is 12.2. The third-order valence-corrected chi connectivity index (χ3v) is 7.06. The lowest BCUT2D eigenvalue weighted by atomic mass is 9.94. The average Bonchev–Trinajstić information content (AvgIpc) is 3.21. The Bertz CT molecular complexity index is 1400. The summed E-state index contributed by atoms with van der Waals surface area (Å²) in [4.78, 5) is 29.5. The van der Waals surface area contributed by atoms with Gasteiger partial charge in [0.25, 0.3) is 0 Å². The second kappa shape index (κ2) is 8.87. The SMILES string of the molecule is C=CC(=O)N1Cc2sc3ncnc(Nc4ccc(Oc5ccc(C)nc5)c(C)c4)c3c2[C@@H](C)C1. The van der Waals surface area contributed by atoms with Gasteiger partial charge < -0.3 is 15.0 Å². The predicted molar refractivity (Wildman–Crippen MR) is 135 cm³/mol. The molecular formula is C26H25N5O2S. The summed E-state index contributed by atoms with van der Waals surface area (Å²) in [5.41, 5.74) is 4.08. The molecule has 5 rings (SSSR count). The molecule has 3 aromatic heterocycles. The Morgan fingerprint density at radius 3 is 2.82 bits per heavy atom. The van der Waals surface area contributed by atoms with Crippen LogP contribution in [0, 0.1) is 13.8 Å². The summed E-state index contributed by atoms with van der Waals surface area (Å²) in [6.45, 7) is 10.9. The highest BCUT2D eigenvalue weighted by Crippen LogP contribution is 2.42. The van der Waals surface area contributed by atoms with Crippen LogP contribution in [-0.2, 0) is 11.3 Å². The molecule has 4 aromatic rings. The van der Waals surface area contributed by atoms with Crippen molar-refractivity contribution in [2.24, 2.45) is 0 Å². The number of rotatable bonds is 5. The highest BCUT2D eigenvalue weighted by Gasteiger charge is 2.30. The van der Waals surface area contributed by atoms with Crippen LogP contribution in [0.15, 0.2) is 55.5 Å². The molecule has 34 heavy (non-hydrogen) atoms. The molecule has 0 spiro atoms. The van der Waals surface area contributed by atoms with Crippen LogP contribution in [0.5, 0.6) is 11.5 Å². The van der Waals surface area contributed by atoms with Gasteiger partial charge in [0.15, 0.2) is 0 Å². The lowest BCUT2D eigenvalue weighted by Gasteiger charge is -2.30. The minimum atomic E-state index is -0.0430. The quantitative estimate of drug-likeness (QED) is 0.367. The molecule has 1 atom stereocenters. The van der Waals surface area contributed by atoms with Crippen molar-refractivity contribution in [3.05, 3.63) is 77.2 Å². The first-order chi connectivity index (χ1) is 16.4. The molecule has 1 N–H and O–H groups in total. The number of aryl methyl sites for hydroxylation is 2. The van der Waals surface area contributed by atoms with Crippen molar-refractivity contribution in [1.82, 2.24) is 19.9 Å². The minimum Gasteiger partial charge on any atom is -0.455 e. The summed E-state index contributed by atoms with van der Waals surface area (Å²) >= 11 is 1.62. The number of aromatic nitrogens is 3. The van der Waals surface area contributed by atoms with Crippen LogP contribution < -0.4 is 10.1 Å². The average molecular weight is 472 g/mol. The zero-order valence-electron chi connectivity index (χ0n) is 19.3. The van der Waals surface area contributed by atoms with Gasteiger partial charge in [0.1, 0.15) is 28.5 Å². The second-order valence-electron chi connectivity index (χ2n) is 8.51. The number of carbonyl (C=O) groups excluding carboxylic acids is 1. The van der Waals surface area contributed by atoms with Crippen molar-refractivity contribution in [3.63, 3.8) is 0 Å². The first-order valence-electron chi connectivity index (χ1n) is 11.1. The maximum Gasteiger partial charge on any atom is 0.246 e. The number of nitrogens with one attached hydrogen (secondary N) is 1. The zero-order chi connectivity index (χ0) is 23.8. The first kappa shape index (κ1) is 22.0. The summed E-state index contributed by atoms with van der Waals surface area (Å²) in [6, 6.07) is 9.80. The monoisotopic (exact) mass is 471 g/mol. The van der Waals surface area contributed by atoms with Crippen molar-refractivity contribution < 1.29 is 9.53 Å². The maximum atomic E-state index is 12.2. The molecule has 1 aromatic carbocycles. The van der Waals surface area contributed by atoms with Crippen LogP contribution in [-0.4, -0.2) is 32.3 Å². The molecule has 1 aliphatic heterocycles. The van der Waals surface area contributed by atoms with Crippen LogP contribution in [0.2, 0.25) is 0 Å². The number of ether oxygens (including phenoxy) is 1. The van der Waals surface area contributed by atoms with Gasteiger partial charge in [0, 0.05) is 28.7 Å². The van der Waals surface area contributed by atoms with E-state index in [1.165, 1.54) is 11.6 Å². The van der Waals surface area contributed by atoms with Gasteiger partial charge in [-0.2, -0.15) is 0 Å². The number of nitrogens with zero attached hydrogens (tertiary/aromatic N) is 4. The lowest BCUT2D eigenvalue weighted by Crippen LogP contribution is -2.35. The number of amides is 1. The Morgan fingerprint density at radius 1 is 1.24 bits per heavy atom. The van der Waals surface area contributed by atoms with E-state index in [1.54, 1.807) is 23.9 Å². The van der Waals surface area contributed by atoms with E-state index in [1.807, 2.05) is 49.1 Å². The largest absolute Gasteiger partial charge is 0.455 e. The number of carbonyl (C=O) groups is 1. The third-order valence-electron chi connectivity index (χ3n) is 5.96. The standard InChI is InChI=1S/C26H25N5O2S/c1-5-22(32)31-12-16(3)23-21(13-31)34-26-24(23)25(28-14-29-26)30-18-7-9-20(15(2)10-18)33-19-8-6-17(4)27-11-19/h5-11,14,16H,1,12-13H2,2-4H3,(H,28,29,30)/t16-/m0/s1. The number of pyridine rings is 1. The molecule has 0 bridgehead atoms. The Balaban J connectivity index is 1.44. The Kier molecular flexibility index (Phi) is 5.75. The molecular weight excluding hydrogens is 446 g/mol. The summed E-state index contributed by atoms with van der Waals surface area (Å²) in [5.74, 6) is 2.38. The van der Waals surface area contributed by atoms with Crippen molar-refractivity contribution in [2.45, 2.75) is 33.2 Å². The number of hydrogen-bond acceptors (Lipinski definition) is 7. The molecule has 0 saturated carbocycles. The van der Waals surface area contributed by atoms with Gasteiger partial charge in [-0.15, -0.1) is 11.3 Å². The number of fused-ring (bicyclic) bond motifs is 3. The van der Waals surface area contributed by atoms with Crippen LogP contribution in [0.4, 0.5) is 11.5 Å². The van der Waals surface area contributed by atoms with E-state index in [0.29, 0.717) is 18.8 Å². The van der Waals surface area contributed by atoms with Crippen molar-refractivity contribution >= 4 is 39.0 Å².